The van der Waals surface area contributed by atoms with Gasteiger partial charge in [0.2, 0.25) is 0 Å². The number of aromatic nitrogens is 5. The summed E-state index contributed by atoms with van der Waals surface area (Å²) in [5.41, 5.74) is 5.27. The van der Waals surface area contributed by atoms with Crippen LogP contribution in [-0.2, 0) is 18.0 Å². The molecule has 0 aliphatic carbocycles. The van der Waals surface area contributed by atoms with E-state index in [0.29, 0.717) is 13.2 Å². The summed E-state index contributed by atoms with van der Waals surface area (Å²) in [6, 6.07) is 8.23. The second kappa shape index (κ2) is 4.76. The molecule has 112 valence electrons. The normalized spacial score (nSPS) is 13.6. The van der Waals surface area contributed by atoms with Gasteiger partial charge in [0.25, 0.3) is 0 Å². The number of nitrogens with zero attached hydrogens (tertiary/aromatic N) is 5. The highest BCUT2D eigenvalue weighted by atomic mass is 16.5. The van der Waals surface area contributed by atoms with Crippen molar-refractivity contribution in [3.8, 4) is 17.1 Å². The molecule has 3 aromatic heterocycles. The van der Waals surface area contributed by atoms with Crippen LogP contribution in [-0.4, -0.2) is 24.1 Å². The second-order valence-corrected chi connectivity index (χ2v) is 5.51. The lowest BCUT2D eigenvalue weighted by Gasteiger charge is -2.08. The van der Waals surface area contributed by atoms with Crippen molar-refractivity contribution >= 4 is 5.65 Å². The fourth-order valence-electron chi connectivity index (χ4n) is 3.00. The standard InChI is InChI=1S/C17H13N5O/c1-4-18-17-15(9-20-22(17)6-1)16-19-5-7-21(16)14-3-2-12-10-23-11-13(12)8-14/h1-9H,10-11H2. The Balaban J connectivity index is 1.68. The highest BCUT2D eigenvalue weighted by Gasteiger charge is 2.16. The molecule has 6 heteroatoms. The van der Waals surface area contributed by atoms with Gasteiger partial charge in [0.15, 0.2) is 5.65 Å². The Hall–Kier alpha value is -2.99. The quantitative estimate of drug-likeness (QED) is 0.571. The Kier molecular flexibility index (Phi) is 2.59. The Labute approximate surface area is 132 Å². The van der Waals surface area contributed by atoms with E-state index in [1.54, 1.807) is 23.1 Å². The third-order valence-electron chi connectivity index (χ3n) is 4.14. The summed E-state index contributed by atoms with van der Waals surface area (Å²) in [6.45, 7) is 1.37. The molecule has 6 nitrogen and oxygen atoms in total. The van der Waals surface area contributed by atoms with E-state index in [0.717, 1.165) is 22.7 Å². The number of benzene rings is 1. The minimum atomic E-state index is 0.672. The van der Waals surface area contributed by atoms with Crippen molar-refractivity contribution in [3.05, 3.63) is 66.4 Å². The van der Waals surface area contributed by atoms with Crippen LogP contribution >= 0.6 is 0 Å². The molecule has 0 radical (unpaired) electrons. The molecule has 0 spiro atoms. The molecule has 1 aliphatic heterocycles. The molecule has 0 unspecified atom stereocenters. The van der Waals surface area contributed by atoms with Gasteiger partial charge in [0.05, 0.1) is 25.0 Å². The van der Waals surface area contributed by atoms with Crippen LogP contribution in [0.3, 0.4) is 0 Å². The number of imidazole rings is 1. The maximum atomic E-state index is 5.50. The maximum Gasteiger partial charge on any atom is 0.165 e. The molecule has 0 atom stereocenters. The Morgan fingerprint density at radius 3 is 2.96 bits per heavy atom. The van der Waals surface area contributed by atoms with E-state index < -0.39 is 0 Å². The summed E-state index contributed by atoms with van der Waals surface area (Å²) in [5, 5.41) is 4.35. The van der Waals surface area contributed by atoms with Gasteiger partial charge in [0, 0.05) is 30.5 Å². The van der Waals surface area contributed by atoms with E-state index in [1.165, 1.54) is 11.1 Å². The average Bonchev–Trinajstić information content (AvgIpc) is 3.32. The van der Waals surface area contributed by atoms with Crippen molar-refractivity contribution in [3.63, 3.8) is 0 Å². The average molecular weight is 303 g/mol. The first-order valence-electron chi connectivity index (χ1n) is 7.42. The second-order valence-electron chi connectivity index (χ2n) is 5.51. The summed E-state index contributed by atoms with van der Waals surface area (Å²) in [5.74, 6) is 0.831. The lowest BCUT2D eigenvalue weighted by molar-refractivity contribution is 0.134. The summed E-state index contributed by atoms with van der Waals surface area (Å²) >= 11 is 0. The number of hydrogen-bond acceptors (Lipinski definition) is 4. The summed E-state index contributed by atoms with van der Waals surface area (Å²) in [4.78, 5) is 8.93. The summed E-state index contributed by atoms with van der Waals surface area (Å²) < 4.78 is 9.31. The van der Waals surface area contributed by atoms with Gasteiger partial charge in [0.1, 0.15) is 5.82 Å². The molecule has 4 aromatic rings. The molecular weight excluding hydrogens is 290 g/mol. The fraction of sp³-hybridized carbons (Fsp3) is 0.118. The summed E-state index contributed by atoms with van der Waals surface area (Å²) in [6.07, 6.45) is 9.20. The molecule has 0 saturated heterocycles. The van der Waals surface area contributed by atoms with Gasteiger partial charge in [-0.25, -0.2) is 14.5 Å². The highest BCUT2D eigenvalue weighted by molar-refractivity contribution is 5.73. The molecule has 0 amide bonds. The lowest BCUT2D eigenvalue weighted by atomic mass is 10.1. The topological polar surface area (TPSA) is 57.2 Å². The Bertz CT molecular complexity index is 1020. The van der Waals surface area contributed by atoms with E-state index in [-0.39, 0.29) is 0 Å². The monoisotopic (exact) mass is 303 g/mol. The fourth-order valence-corrected chi connectivity index (χ4v) is 3.00. The molecule has 0 saturated carbocycles. The molecular formula is C17H13N5O. The van der Waals surface area contributed by atoms with Gasteiger partial charge < -0.3 is 4.74 Å². The zero-order chi connectivity index (χ0) is 15.2. The molecule has 4 heterocycles. The van der Waals surface area contributed by atoms with Gasteiger partial charge in [-0.3, -0.25) is 4.57 Å². The molecule has 0 fully saturated rings. The first-order valence-corrected chi connectivity index (χ1v) is 7.42. The number of hydrogen-bond donors (Lipinski definition) is 0. The number of fused-ring (bicyclic) bond motifs is 2. The van der Waals surface area contributed by atoms with Crippen molar-refractivity contribution in [2.75, 3.05) is 0 Å². The van der Waals surface area contributed by atoms with Crippen LogP contribution in [0.2, 0.25) is 0 Å². The van der Waals surface area contributed by atoms with Crippen LogP contribution in [0.15, 0.2) is 55.2 Å². The SMILES string of the molecule is c1cnc2c(-c3nccn3-c3ccc4c(c3)COC4)cnn2c1. The van der Waals surface area contributed by atoms with Crippen LogP contribution < -0.4 is 0 Å². The molecule has 0 bridgehead atoms. The van der Waals surface area contributed by atoms with Crippen LogP contribution in [0, 0.1) is 0 Å². The Morgan fingerprint density at radius 2 is 1.96 bits per heavy atom. The molecule has 23 heavy (non-hydrogen) atoms. The third kappa shape index (κ3) is 1.89. The zero-order valence-corrected chi connectivity index (χ0v) is 12.3. The molecule has 1 aromatic carbocycles. The highest BCUT2D eigenvalue weighted by Crippen LogP contribution is 2.27. The van der Waals surface area contributed by atoms with E-state index >= 15 is 0 Å². The van der Waals surface area contributed by atoms with Gasteiger partial charge in [-0.1, -0.05) is 6.07 Å². The molecule has 5 rings (SSSR count). The maximum absolute atomic E-state index is 5.50. The van der Waals surface area contributed by atoms with E-state index in [4.69, 9.17) is 4.74 Å². The minimum absolute atomic E-state index is 0.672. The molecule has 0 N–H and O–H groups in total. The van der Waals surface area contributed by atoms with Crippen molar-refractivity contribution in [1.82, 2.24) is 24.1 Å². The number of rotatable bonds is 2. The largest absolute Gasteiger partial charge is 0.372 e. The lowest BCUT2D eigenvalue weighted by Crippen LogP contribution is -1.98. The number of ether oxygens (including phenoxy) is 1. The first-order chi connectivity index (χ1) is 11.4. The van der Waals surface area contributed by atoms with E-state index in [1.807, 2.05) is 18.5 Å². The minimum Gasteiger partial charge on any atom is -0.372 e. The third-order valence-corrected chi connectivity index (χ3v) is 4.14. The van der Waals surface area contributed by atoms with Gasteiger partial charge in [-0.15, -0.1) is 0 Å². The van der Waals surface area contributed by atoms with Gasteiger partial charge >= 0.3 is 0 Å². The predicted molar refractivity (Wildman–Crippen MR) is 84.0 cm³/mol. The van der Waals surface area contributed by atoms with Crippen LogP contribution in [0.4, 0.5) is 0 Å². The van der Waals surface area contributed by atoms with E-state index in [9.17, 15) is 0 Å². The van der Waals surface area contributed by atoms with Crippen LogP contribution in [0.1, 0.15) is 11.1 Å². The predicted octanol–water partition coefficient (Wildman–Crippen LogP) is 2.61. The van der Waals surface area contributed by atoms with Crippen molar-refractivity contribution in [1.29, 1.82) is 0 Å². The van der Waals surface area contributed by atoms with Crippen molar-refractivity contribution in [2.45, 2.75) is 13.2 Å². The van der Waals surface area contributed by atoms with Gasteiger partial charge in [-0.05, 0) is 29.3 Å². The summed E-state index contributed by atoms with van der Waals surface area (Å²) in [7, 11) is 0. The van der Waals surface area contributed by atoms with E-state index in [2.05, 4.69) is 37.8 Å². The Morgan fingerprint density at radius 1 is 1.00 bits per heavy atom. The zero-order valence-electron chi connectivity index (χ0n) is 12.3. The van der Waals surface area contributed by atoms with Crippen LogP contribution in [0.25, 0.3) is 22.7 Å². The van der Waals surface area contributed by atoms with Crippen molar-refractivity contribution < 1.29 is 4.74 Å². The van der Waals surface area contributed by atoms with Gasteiger partial charge in [-0.2, -0.15) is 5.10 Å². The van der Waals surface area contributed by atoms with Crippen LogP contribution in [0.5, 0.6) is 0 Å². The first kappa shape index (κ1) is 12.5. The smallest absolute Gasteiger partial charge is 0.165 e. The van der Waals surface area contributed by atoms with Crippen molar-refractivity contribution in [2.24, 2.45) is 0 Å². The molecule has 1 aliphatic rings.